The first-order valence-corrected chi connectivity index (χ1v) is 17.5. The zero-order valence-corrected chi connectivity index (χ0v) is 28.7. The lowest BCUT2D eigenvalue weighted by Gasteiger charge is -2.41. The Labute approximate surface area is 288 Å². The SMILES string of the molecule is [C-]#[N+]CC1CN(c2nc(OCC3(CN4CCN(C(C)=O)CC4)CC3)nc3c2CCN(c2cccc4cccc(C)c24)C3)CCN1C(=O)C=C. The van der Waals surface area contributed by atoms with Gasteiger partial charge in [-0.25, -0.2) is 6.57 Å². The van der Waals surface area contributed by atoms with E-state index in [1.54, 1.807) is 11.8 Å². The molecule has 1 saturated carbocycles. The first kappa shape index (κ1) is 32.8. The number of hydrogen-bond acceptors (Lipinski definition) is 8. The van der Waals surface area contributed by atoms with Gasteiger partial charge in [0.25, 0.3) is 0 Å². The number of anilines is 2. The second-order valence-corrected chi connectivity index (χ2v) is 14.1. The molecule has 0 radical (unpaired) electrons. The molecular formula is C38H46N8O3. The third-order valence-corrected chi connectivity index (χ3v) is 10.8. The summed E-state index contributed by atoms with van der Waals surface area (Å²) in [5, 5.41) is 2.50. The van der Waals surface area contributed by atoms with Crippen LogP contribution in [-0.2, 0) is 22.6 Å². The molecule has 3 fully saturated rings. The third kappa shape index (κ3) is 6.79. The van der Waals surface area contributed by atoms with Crippen molar-refractivity contribution in [3.63, 3.8) is 0 Å². The number of piperazine rings is 2. The highest BCUT2D eigenvalue weighted by molar-refractivity contribution is 5.97. The Morgan fingerprint density at radius 1 is 1.04 bits per heavy atom. The maximum absolute atomic E-state index is 12.7. The molecular weight excluding hydrogens is 616 g/mol. The molecule has 11 heteroatoms. The normalized spacial score (nSPS) is 20.5. The van der Waals surface area contributed by atoms with Gasteiger partial charge in [0, 0.05) is 87.9 Å². The van der Waals surface area contributed by atoms with Crippen LogP contribution >= 0.6 is 0 Å². The van der Waals surface area contributed by atoms with E-state index in [-0.39, 0.29) is 29.8 Å². The van der Waals surface area contributed by atoms with E-state index in [4.69, 9.17) is 21.3 Å². The highest BCUT2D eigenvalue weighted by Gasteiger charge is 2.45. The Balaban J connectivity index is 1.16. The van der Waals surface area contributed by atoms with Gasteiger partial charge in [-0.2, -0.15) is 9.97 Å². The lowest BCUT2D eigenvalue weighted by atomic mass is 9.99. The van der Waals surface area contributed by atoms with Gasteiger partial charge < -0.3 is 29.2 Å². The van der Waals surface area contributed by atoms with Crippen LogP contribution in [0.2, 0.25) is 0 Å². The van der Waals surface area contributed by atoms with Crippen molar-refractivity contribution in [2.24, 2.45) is 5.41 Å². The minimum absolute atomic E-state index is 0.0712. The van der Waals surface area contributed by atoms with Crippen LogP contribution in [0.25, 0.3) is 15.6 Å². The first-order chi connectivity index (χ1) is 23.8. The Kier molecular flexibility index (Phi) is 9.16. The molecule has 2 amide bonds. The van der Waals surface area contributed by atoms with Gasteiger partial charge in [0.1, 0.15) is 11.9 Å². The number of fused-ring (bicyclic) bond motifs is 2. The van der Waals surface area contributed by atoms with Crippen LogP contribution in [0, 0.1) is 18.9 Å². The number of aryl methyl sites for hydroxylation is 1. The fourth-order valence-corrected chi connectivity index (χ4v) is 7.84. The van der Waals surface area contributed by atoms with Crippen molar-refractivity contribution in [2.75, 3.05) is 81.9 Å². The van der Waals surface area contributed by atoms with Crippen LogP contribution in [0.3, 0.4) is 0 Å². The van der Waals surface area contributed by atoms with E-state index < -0.39 is 0 Å². The molecule has 7 rings (SSSR count). The van der Waals surface area contributed by atoms with Gasteiger partial charge in [-0.05, 0) is 49.3 Å². The van der Waals surface area contributed by atoms with E-state index in [0.29, 0.717) is 38.8 Å². The predicted molar refractivity (Wildman–Crippen MR) is 191 cm³/mol. The molecule has 4 aliphatic rings. The molecule has 1 aliphatic carbocycles. The molecule has 11 nitrogen and oxygen atoms in total. The number of carbonyl (C=O) groups is 2. The molecule has 0 N–H and O–H groups in total. The van der Waals surface area contributed by atoms with Crippen LogP contribution in [0.15, 0.2) is 49.1 Å². The highest BCUT2D eigenvalue weighted by atomic mass is 16.5. The number of ether oxygens (including phenoxy) is 1. The van der Waals surface area contributed by atoms with E-state index >= 15 is 0 Å². The first-order valence-electron chi connectivity index (χ1n) is 17.5. The average molecular weight is 663 g/mol. The van der Waals surface area contributed by atoms with Crippen molar-refractivity contribution in [2.45, 2.75) is 45.7 Å². The minimum Gasteiger partial charge on any atom is -0.463 e. The lowest BCUT2D eigenvalue weighted by molar-refractivity contribution is -0.130. The summed E-state index contributed by atoms with van der Waals surface area (Å²) in [4.78, 5) is 49.1. The Morgan fingerprint density at radius 2 is 1.82 bits per heavy atom. The largest absolute Gasteiger partial charge is 0.463 e. The zero-order chi connectivity index (χ0) is 34.1. The van der Waals surface area contributed by atoms with Gasteiger partial charge in [0.05, 0.1) is 18.8 Å². The number of rotatable bonds is 9. The number of hydrogen-bond donors (Lipinski definition) is 0. The topological polar surface area (TPSA) is 89.7 Å². The van der Waals surface area contributed by atoms with Gasteiger partial charge in [0.15, 0.2) is 0 Å². The number of nitrogens with zero attached hydrogens (tertiary/aromatic N) is 8. The van der Waals surface area contributed by atoms with E-state index in [2.05, 4.69) is 69.4 Å². The van der Waals surface area contributed by atoms with Crippen LogP contribution < -0.4 is 14.5 Å². The predicted octanol–water partition coefficient (Wildman–Crippen LogP) is 3.95. The van der Waals surface area contributed by atoms with Gasteiger partial charge >= 0.3 is 6.01 Å². The van der Waals surface area contributed by atoms with E-state index in [0.717, 1.165) is 75.6 Å². The average Bonchev–Trinajstić information content (AvgIpc) is 3.89. The summed E-state index contributed by atoms with van der Waals surface area (Å²) in [5.41, 5.74) is 4.62. The molecule has 0 spiro atoms. The maximum Gasteiger partial charge on any atom is 0.318 e. The number of carbonyl (C=O) groups excluding carboxylic acids is 2. The van der Waals surface area contributed by atoms with Crippen molar-refractivity contribution in [1.29, 1.82) is 0 Å². The lowest BCUT2D eigenvalue weighted by Crippen LogP contribution is -2.56. The van der Waals surface area contributed by atoms with Crippen LogP contribution in [0.4, 0.5) is 11.5 Å². The Bertz CT molecular complexity index is 1790. The summed E-state index contributed by atoms with van der Waals surface area (Å²) in [6.07, 6.45) is 4.32. The van der Waals surface area contributed by atoms with Crippen molar-refractivity contribution in [3.05, 3.63) is 77.3 Å². The van der Waals surface area contributed by atoms with Crippen LogP contribution in [0.1, 0.15) is 36.6 Å². The highest BCUT2D eigenvalue weighted by Crippen LogP contribution is 2.47. The molecule has 2 saturated heterocycles. The quantitative estimate of drug-likeness (QED) is 0.252. The van der Waals surface area contributed by atoms with Gasteiger partial charge in [-0.15, -0.1) is 0 Å². The molecule has 4 heterocycles. The molecule has 1 atom stereocenters. The standard InChI is InChI=1S/C38H46N8O3/c1-5-34(48)46-21-20-45(23-30(46)22-39-4)36-31-12-15-44(33-11-7-10-29-9-6-8-27(2)35(29)33)24-32(31)40-37(41-36)49-26-38(13-14-38)25-42-16-18-43(19-17-42)28(3)47/h5-11,30H,1,12-26H2,2-3H3. The molecule has 2 aromatic carbocycles. The fourth-order valence-electron chi connectivity index (χ4n) is 7.84. The molecule has 3 aromatic rings. The smallest absolute Gasteiger partial charge is 0.318 e. The molecule has 1 aromatic heterocycles. The molecule has 1 unspecified atom stereocenters. The zero-order valence-electron chi connectivity index (χ0n) is 28.7. The third-order valence-electron chi connectivity index (χ3n) is 10.8. The van der Waals surface area contributed by atoms with Gasteiger partial charge in [-0.3, -0.25) is 14.5 Å². The number of amides is 2. The van der Waals surface area contributed by atoms with Crippen molar-refractivity contribution >= 4 is 34.1 Å². The summed E-state index contributed by atoms with van der Waals surface area (Å²) < 4.78 is 6.53. The summed E-state index contributed by atoms with van der Waals surface area (Å²) in [7, 11) is 0. The van der Waals surface area contributed by atoms with E-state index in [1.807, 2.05) is 4.90 Å². The molecule has 49 heavy (non-hydrogen) atoms. The summed E-state index contributed by atoms with van der Waals surface area (Å²) in [6, 6.07) is 13.1. The van der Waals surface area contributed by atoms with E-state index in [9.17, 15) is 9.59 Å². The number of aromatic nitrogens is 2. The monoisotopic (exact) mass is 662 g/mol. The minimum atomic E-state index is -0.247. The van der Waals surface area contributed by atoms with Crippen molar-refractivity contribution < 1.29 is 14.3 Å². The maximum atomic E-state index is 12.7. The second-order valence-electron chi connectivity index (χ2n) is 14.1. The van der Waals surface area contributed by atoms with Crippen molar-refractivity contribution in [3.8, 4) is 6.01 Å². The Hall–Kier alpha value is -4.69. The molecule has 0 bridgehead atoms. The fraction of sp³-hybridized carbons (Fsp3) is 0.500. The van der Waals surface area contributed by atoms with Crippen LogP contribution in [-0.4, -0.2) is 115 Å². The van der Waals surface area contributed by atoms with Crippen molar-refractivity contribution in [1.82, 2.24) is 24.7 Å². The Morgan fingerprint density at radius 3 is 2.53 bits per heavy atom. The summed E-state index contributed by atoms with van der Waals surface area (Å²) in [5.74, 6) is 0.868. The summed E-state index contributed by atoms with van der Waals surface area (Å²) in [6.45, 7) is 23.2. The number of benzene rings is 2. The van der Waals surface area contributed by atoms with Crippen LogP contribution in [0.5, 0.6) is 6.01 Å². The van der Waals surface area contributed by atoms with E-state index in [1.165, 1.54) is 28.1 Å². The van der Waals surface area contributed by atoms with Gasteiger partial charge in [0.2, 0.25) is 18.4 Å². The summed E-state index contributed by atoms with van der Waals surface area (Å²) >= 11 is 0. The molecule has 3 aliphatic heterocycles. The molecule has 256 valence electrons. The second kappa shape index (κ2) is 13.7. The van der Waals surface area contributed by atoms with Gasteiger partial charge in [-0.1, -0.05) is 36.9 Å².